The first kappa shape index (κ1) is 10.1. The Morgan fingerprint density at radius 1 is 1.25 bits per heavy atom. The summed E-state index contributed by atoms with van der Waals surface area (Å²) >= 11 is 0. The first-order valence-corrected chi connectivity index (χ1v) is 5.55. The Balaban J connectivity index is 2.47. The van der Waals surface area contributed by atoms with Crippen LogP contribution in [0.1, 0.15) is 53.9 Å². The molecule has 1 aliphatic rings. The molecule has 0 spiro atoms. The summed E-state index contributed by atoms with van der Waals surface area (Å²) in [6.45, 7) is 11.9. The average molecular weight is 168 g/mol. The summed E-state index contributed by atoms with van der Waals surface area (Å²) in [5, 5.41) is 0. The van der Waals surface area contributed by atoms with Crippen LogP contribution in [0.4, 0.5) is 0 Å². The van der Waals surface area contributed by atoms with Gasteiger partial charge < -0.3 is 0 Å². The zero-order chi connectivity index (χ0) is 9.35. The smallest absolute Gasteiger partial charge is 0.0292 e. The van der Waals surface area contributed by atoms with E-state index in [1.165, 1.54) is 19.3 Å². The molecule has 0 bridgehead atoms. The second kappa shape index (κ2) is 3.40. The van der Waals surface area contributed by atoms with Crippen LogP contribution in [-0.2, 0) is 0 Å². The van der Waals surface area contributed by atoms with E-state index in [1.807, 2.05) is 0 Å². The van der Waals surface area contributed by atoms with Crippen molar-refractivity contribution < 1.29 is 0 Å². The van der Waals surface area contributed by atoms with E-state index >= 15 is 0 Å². The van der Waals surface area contributed by atoms with Crippen molar-refractivity contribution in [2.24, 2.45) is 23.2 Å². The summed E-state index contributed by atoms with van der Waals surface area (Å²) in [5.41, 5.74) is 0.649. The zero-order valence-corrected chi connectivity index (χ0v) is 9.35. The summed E-state index contributed by atoms with van der Waals surface area (Å²) in [5.74, 6) is 2.98. The fourth-order valence-corrected chi connectivity index (χ4v) is 2.96. The maximum absolute atomic E-state index is 2.43. The van der Waals surface area contributed by atoms with Crippen molar-refractivity contribution in [2.75, 3.05) is 0 Å². The molecule has 3 unspecified atom stereocenters. The summed E-state index contributed by atoms with van der Waals surface area (Å²) < 4.78 is 0. The molecule has 12 heavy (non-hydrogen) atoms. The van der Waals surface area contributed by atoms with Crippen LogP contribution in [0.15, 0.2) is 0 Å². The molecule has 72 valence electrons. The van der Waals surface area contributed by atoms with Gasteiger partial charge in [-0.1, -0.05) is 53.9 Å². The lowest BCUT2D eigenvalue weighted by Crippen LogP contribution is -2.05. The Hall–Kier alpha value is 0. The molecular formula is C12H24. The van der Waals surface area contributed by atoms with Crippen molar-refractivity contribution in [3.05, 3.63) is 0 Å². The molecule has 0 aromatic carbocycles. The summed E-state index contributed by atoms with van der Waals surface area (Å²) in [6, 6.07) is 0. The van der Waals surface area contributed by atoms with E-state index in [0.29, 0.717) is 5.41 Å². The normalized spacial score (nSPS) is 34.8. The third-order valence-electron chi connectivity index (χ3n) is 4.15. The third kappa shape index (κ3) is 1.53. The van der Waals surface area contributed by atoms with E-state index in [4.69, 9.17) is 0 Å². The minimum atomic E-state index is 0.649. The highest BCUT2D eigenvalue weighted by Crippen LogP contribution is 2.62. The van der Waals surface area contributed by atoms with Gasteiger partial charge in [0.1, 0.15) is 0 Å². The van der Waals surface area contributed by atoms with Crippen molar-refractivity contribution in [3.63, 3.8) is 0 Å². The average Bonchev–Trinajstić information content (AvgIpc) is 2.48. The first-order chi connectivity index (χ1) is 5.55. The van der Waals surface area contributed by atoms with Gasteiger partial charge in [-0.3, -0.25) is 0 Å². The van der Waals surface area contributed by atoms with Crippen molar-refractivity contribution in [1.29, 1.82) is 0 Å². The van der Waals surface area contributed by atoms with E-state index in [0.717, 1.165) is 17.8 Å². The Morgan fingerprint density at radius 2 is 1.75 bits per heavy atom. The number of hydrogen-bond acceptors (Lipinski definition) is 0. The molecule has 3 atom stereocenters. The zero-order valence-electron chi connectivity index (χ0n) is 9.35. The van der Waals surface area contributed by atoms with E-state index in [1.54, 1.807) is 0 Å². The van der Waals surface area contributed by atoms with Gasteiger partial charge in [0.05, 0.1) is 0 Å². The predicted octanol–water partition coefficient (Wildman–Crippen LogP) is 4.10. The number of hydrogen-bond donors (Lipinski definition) is 0. The lowest BCUT2D eigenvalue weighted by molar-refractivity contribution is 0.355. The molecule has 0 amide bonds. The van der Waals surface area contributed by atoms with Gasteiger partial charge in [0.15, 0.2) is 0 Å². The summed E-state index contributed by atoms with van der Waals surface area (Å²) in [4.78, 5) is 0. The van der Waals surface area contributed by atoms with Crippen molar-refractivity contribution >= 4 is 0 Å². The van der Waals surface area contributed by atoms with Gasteiger partial charge in [0, 0.05) is 0 Å². The maximum atomic E-state index is 2.43. The molecule has 0 nitrogen and oxygen atoms in total. The van der Waals surface area contributed by atoms with E-state index in [2.05, 4.69) is 34.6 Å². The minimum absolute atomic E-state index is 0.649. The molecule has 0 heteroatoms. The highest BCUT2D eigenvalue weighted by Gasteiger charge is 2.56. The van der Waals surface area contributed by atoms with Crippen LogP contribution in [0, 0.1) is 23.2 Å². The van der Waals surface area contributed by atoms with Gasteiger partial charge in [-0.15, -0.1) is 0 Å². The topological polar surface area (TPSA) is 0 Å². The highest BCUT2D eigenvalue weighted by atomic mass is 14.6. The second-order valence-electron chi connectivity index (χ2n) is 5.09. The molecule has 1 aliphatic carbocycles. The van der Waals surface area contributed by atoms with E-state index in [-0.39, 0.29) is 0 Å². The minimum Gasteiger partial charge on any atom is -0.0654 e. The number of rotatable bonds is 4. The molecule has 0 saturated heterocycles. The van der Waals surface area contributed by atoms with Crippen LogP contribution in [-0.4, -0.2) is 0 Å². The molecule has 0 heterocycles. The Bertz CT molecular complexity index is 146. The first-order valence-electron chi connectivity index (χ1n) is 5.55. The molecule has 0 aromatic rings. The van der Waals surface area contributed by atoms with Crippen molar-refractivity contribution in [1.82, 2.24) is 0 Å². The Kier molecular flexibility index (Phi) is 2.85. The fourth-order valence-electron chi connectivity index (χ4n) is 2.96. The largest absolute Gasteiger partial charge is 0.0654 e. The van der Waals surface area contributed by atoms with Gasteiger partial charge in [-0.05, 0) is 23.2 Å². The quantitative estimate of drug-likeness (QED) is 0.592. The molecule has 0 radical (unpaired) electrons. The van der Waals surface area contributed by atoms with Crippen LogP contribution < -0.4 is 0 Å². The Morgan fingerprint density at radius 3 is 2.00 bits per heavy atom. The van der Waals surface area contributed by atoms with Crippen LogP contribution in [0.3, 0.4) is 0 Å². The lowest BCUT2D eigenvalue weighted by Gasteiger charge is -2.15. The summed E-state index contributed by atoms with van der Waals surface area (Å²) in [7, 11) is 0. The van der Waals surface area contributed by atoms with Crippen LogP contribution >= 0.6 is 0 Å². The molecule has 1 saturated carbocycles. The standard InChI is InChI=1S/C12H24/c1-6-8-10(7-2)11-9(3)12(11,4)5/h9-11H,6-8H2,1-5H3. The molecule has 0 aromatic heterocycles. The van der Waals surface area contributed by atoms with E-state index < -0.39 is 0 Å². The molecular weight excluding hydrogens is 144 g/mol. The second-order valence-corrected chi connectivity index (χ2v) is 5.09. The van der Waals surface area contributed by atoms with Gasteiger partial charge in [-0.25, -0.2) is 0 Å². The monoisotopic (exact) mass is 168 g/mol. The van der Waals surface area contributed by atoms with Gasteiger partial charge in [-0.2, -0.15) is 0 Å². The molecule has 0 N–H and O–H groups in total. The van der Waals surface area contributed by atoms with Crippen LogP contribution in [0.2, 0.25) is 0 Å². The predicted molar refractivity (Wildman–Crippen MR) is 55.1 cm³/mol. The summed E-state index contributed by atoms with van der Waals surface area (Å²) in [6.07, 6.45) is 4.18. The fraction of sp³-hybridized carbons (Fsp3) is 1.00. The van der Waals surface area contributed by atoms with Gasteiger partial charge in [0.25, 0.3) is 0 Å². The van der Waals surface area contributed by atoms with Gasteiger partial charge in [0.2, 0.25) is 0 Å². The lowest BCUT2D eigenvalue weighted by atomic mass is 9.91. The van der Waals surface area contributed by atoms with Crippen molar-refractivity contribution in [2.45, 2.75) is 53.9 Å². The third-order valence-corrected chi connectivity index (χ3v) is 4.15. The highest BCUT2D eigenvalue weighted by molar-refractivity contribution is 5.04. The molecule has 1 fully saturated rings. The molecule has 0 aliphatic heterocycles. The van der Waals surface area contributed by atoms with E-state index in [9.17, 15) is 0 Å². The SMILES string of the molecule is CCCC(CC)C1C(C)C1(C)C. The molecule has 1 rings (SSSR count). The Labute approximate surface area is 77.7 Å². The van der Waals surface area contributed by atoms with Crippen molar-refractivity contribution in [3.8, 4) is 0 Å². The van der Waals surface area contributed by atoms with Crippen LogP contribution in [0.25, 0.3) is 0 Å². The van der Waals surface area contributed by atoms with Gasteiger partial charge >= 0.3 is 0 Å². The maximum Gasteiger partial charge on any atom is -0.0292 e. The van der Waals surface area contributed by atoms with Crippen LogP contribution in [0.5, 0.6) is 0 Å².